The molecule has 1 unspecified atom stereocenters. The molecule has 0 spiro atoms. The minimum Gasteiger partial charge on any atom is -0.465 e. The second-order valence-corrected chi connectivity index (χ2v) is 3.26. The maximum absolute atomic E-state index is 11.4. The summed E-state index contributed by atoms with van der Waals surface area (Å²) >= 11 is 0. The number of ether oxygens (including phenoxy) is 3. The molecule has 0 aromatic heterocycles. The molecule has 0 bridgehead atoms. The Bertz CT molecular complexity index is 186. The Morgan fingerprint density at radius 1 is 1.21 bits per heavy atom. The standard InChI is InChI=1S/C9H18O5/c1-6(2)7(10)9(13-4,14-5)8(11)12-3/h6-7,10H,1-5H3. The van der Waals surface area contributed by atoms with Gasteiger partial charge in [0.1, 0.15) is 6.10 Å². The van der Waals surface area contributed by atoms with Crippen molar-refractivity contribution >= 4 is 5.97 Å². The number of hydrogen-bond donors (Lipinski definition) is 1. The van der Waals surface area contributed by atoms with Crippen LogP contribution in [0, 0.1) is 5.92 Å². The number of aliphatic hydroxyl groups excluding tert-OH is 1. The highest BCUT2D eigenvalue weighted by Crippen LogP contribution is 2.23. The lowest BCUT2D eigenvalue weighted by Crippen LogP contribution is -2.55. The van der Waals surface area contributed by atoms with Gasteiger partial charge in [-0.2, -0.15) is 0 Å². The van der Waals surface area contributed by atoms with E-state index in [2.05, 4.69) is 4.74 Å². The van der Waals surface area contributed by atoms with Gasteiger partial charge < -0.3 is 19.3 Å². The largest absolute Gasteiger partial charge is 0.465 e. The third kappa shape index (κ3) is 2.23. The minimum absolute atomic E-state index is 0.186. The van der Waals surface area contributed by atoms with E-state index in [-0.39, 0.29) is 5.92 Å². The number of rotatable bonds is 5. The first kappa shape index (κ1) is 13.4. The highest BCUT2D eigenvalue weighted by atomic mass is 16.7. The van der Waals surface area contributed by atoms with Crippen LogP contribution in [-0.4, -0.2) is 44.3 Å². The van der Waals surface area contributed by atoms with Crippen LogP contribution in [0.3, 0.4) is 0 Å². The topological polar surface area (TPSA) is 65.0 Å². The van der Waals surface area contributed by atoms with Crippen molar-refractivity contribution in [3.63, 3.8) is 0 Å². The first-order valence-electron chi connectivity index (χ1n) is 4.33. The molecule has 0 aliphatic carbocycles. The van der Waals surface area contributed by atoms with Gasteiger partial charge in [0.2, 0.25) is 0 Å². The van der Waals surface area contributed by atoms with E-state index in [0.29, 0.717) is 0 Å². The Hall–Kier alpha value is -0.650. The quantitative estimate of drug-likeness (QED) is 0.513. The molecule has 0 aliphatic rings. The monoisotopic (exact) mass is 206 g/mol. The summed E-state index contributed by atoms with van der Waals surface area (Å²) in [5.41, 5.74) is 0. The van der Waals surface area contributed by atoms with Crippen LogP contribution >= 0.6 is 0 Å². The first-order valence-corrected chi connectivity index (χ1v) is 4.33. The van der Waals surface area contributed by atoms with E-state index < -0.39 is 17.9 Å². The molecule has 0 saturated heterocycles. The molecule has 0 aliphatic heterocycles. The average Bonchev–Trinajstić information content (AvgIpc) is 2.19. The lowest BCUT2D eigenvalue weighted by atomic mass is 9.98. The fourth-order valence-corrected chi connectivity index (χ4v) is 1.19. The molecule has 5 nitrogen and oxygen atoms in total. The summed E-state index contributed by atoms with van der Waals surface area (Å²) in [6.45, 7) is 3.50. The molecule has 0 aromatic carbocycles. The van der Waals surface area contributed by atoms with Crippen LogP contribution < -0.4 is 0 Å². The van der Waals surface area contributed by atoms with Crippen LogP contribution in [-0.2, 0) is 19.0 Å². The minimum atomic E-state index is -1.73. The van der Waals surface area contributed by atoms with E-state index in [1.807, 2.05) is 0 Å². The molecule has 14 heavy (non-hydrogen) atoms. The number of carbonyl (C=O) groups is 1. The van der Waals surface area contributed by atoms with E-state index in [1.165, 1.54) is 21.3 Å². The lowest BCUT2D eigenvalue weighted by molar-refractivity contribution is -0.268. The maximum atomic E-state index is 11.4. The summed E-state index contributed by atoms with van der Waals surface area (Å²) in [5, 5.41) is 9.79. The summed E-state index contributed by atoms with van der Waals surface area (Å²) in [7, 11) is 3.78. The second-order valence-electron chi connectivity index (χ2n) is 3.26. The van der Waals surface area contributed by atoms with Crippen molar-refractivity contribution in [1.82, 2.24) is 0 Å². The van der Waals surface area contributed by atoms with Crippen LogP contribution in [0.2, 0.25) is 0 Å². The highest BCUT2D eigenvalue weighted by molar-refractivity contribution is 5.78. The Kier molecular flexibility index (Phi) is 5.04. The van der Waals surface area contributed by atoms with Crippen molar-refractivity contribution in [1.29, 1.82) is 0 Å². The maximum Gasteiger partial charge on any atom is 0.369 e. The van der Waals surface area contributed by atoms with Crippen LogP contribution in [0.15, 0.2) is 0 Å². The van der Waals surface area contributed by atoms with Crippen molar-refractivity contribution in [2.75, 3.05) is 21.3 Å². The van der Waals surface area contributed by atoms with E-state index >= 15 is 0 Å². The van der Waals surface area contributed by atoms with Crippen LogP contribution in [0.5, 0.6) is 0 Å². The molecule has 0 fully saturated rings. The Balaban J connectivity index is 4.96. The SMILES string of the molecule is COC(=O)C(OC)(OC)C(O)C(C)C. The predicted molar refractivity (Wildman–Crippen MR) is 49.6 cm³/mol. The molecule has 0 amide bonds. The van der Waals surface area contributed by atoms with Gasteiger partial charge in [-0.15, -0.1) is 0 Å². The summed E-state index contributed by atoms with van der Waals surface area (Å²) in [5.74, 6) is -2.67. The van der Waals surface area contributed by atoms with Crippen molar-refractivity contribution in [2.45, 2.75) is 25.7 Å². The average molecular weight is 206 g/mol. The van der Waals surface area contributed by atoms with Gasteiger partial charge in [0.25, 0.3) is 5.79 Å². The molecule has 1 atom stereocenters. The summed E-state index contributed by atoms with van der Waals surface area (Å²) in [4.78, 5) is 11.4. The number of carbonyl (C=O) groups excluding carboxylic acids is 1. The second kappa shape index (κ2) is 5.29. The van der Waals surface area contributed by atoms with E-state index in [1.54, 1.807) is 13.8 Å². The number of esters is 1. The summed E-state index contributed by atoms with van der Waals surface area (Å²) < 4.78 is 14.4. The fourth-order valence-electron chi connectivity index (χ4n) is 1.19. The van der Waals surface area contributed by atoms with Crippen LogP contribution in [0.4, 0.5) is 0 Å². The van der Waals surface area contributed by atoms with Gasteiger partial charge in [0, 0.05) is 14.2 Å². The van der Waals surface area contributed by atoms with Gasteiger partial charge in [-0.25, -0.2) is 4.79 Å². The van der Waals surface area contributed by atoms with Crippen LogP contribution in [0.1, 0.15) is 13.8 Å². The van der Waals surface area contributed by atoms with Crippen molar-refractivity contribution in [2.24, 2.45) is 5.92 Å². The third-order valence-electron chi connectivity index (χ3n) is 2.10. The molecule has 5 heteroatoms. The van der Waals surface area contributed by atoms with Gasteiger partial charge in [-0.3, -0.25) is 0 Å². The number of hydrogen-bond acceptors (Lipinski definition) is 5. The van der Waals surface area contributed by atoms with Crippen LogP contribution in [0.25, 0.3) is 0 Å². The van der Waals surface area contributed by atoms with Gasteiger partial charge in [0.15, 0.2) is 0 Å². The third-order valence-corrected chi connectivity index (χ3v) is 2.10. The smallest absolute Gasteiger partial charge is 0.369 e. The van der Waals surface area contributed by atoms with Crippen molar-refractivity contribution in [3.8, 4) is 0 Å². The number of methoxy groups -OCH3 is 3. The molecular weight excluding hydrogens is 188 g/mol. The molecule has 0 aromatic rings. The molecular formula is C9H18O5. The normalized spacial score (nSPS) is 14.2. The Labute approximate surface area is 84.0 Å². The predicted octanol–water partition coefficient (Wildman–Crippen LogP) is 0.165. The first-order chi connectivity index (χ1) is 6.46. The number of aliphatic hydroxyl groups is 1. The molecule has 0 radical (unpaired) electrons. The zero-order valence-electron chi connectivity index (χ0n) is 9.23. The van der Waals surface area contributed by atoms with Gasteiger partial charge in [0.05, 0.1) is 7.11 Å². The zero-order chi connectivity index (χ0) is 11.4. The highest BCUT2D eigenvalue weighted by Gasteiger charge is 2.49. The van der Waals surface area contributed by atoms with E-state index in [9.17, 15) is 9.90 Å². The molecule has 1 N–H and O–H groups in total. The van der Waals surface area contributed by atoms with Gasteiger partial charge >= 0.3 is 5.97 Å². The molecule has 84 valence electrons. The summed E-state index contributed by atoms with van der Waals surface area (Å²) in [6.07, 6.45) is -1.08. The summed E-state index contributed by atoms with van der Waals surface area (Å²) in [6, 6.07) is 0. The Morgan fingerprint density at radius 3 is 1.86 bits per heavy atom. The fraction of sp³-hybridized carbons (Fsp3) is 0.889. The van der Waals surface area contributed by atoms with Gasteiger partial charge in [-0.1, -0.05) is 13.8 Å². The van der Waals surface area contributed by atoms with Gasteiger partial charge in [-0.05, 0) is 5.92 Å². The Morgan fingerprint density at radius 2 is 1.64 bits per heavy atom. The molecule has 0 heterocycles. The molecule has 0 rings (SSSR count). The molecule has 0 saturated carbocycles. The van der Waals surface area contributed by atoms with Crippen molar-refractivity contribution < 1.29 is 24.1 Å². The van der Waals surface area contributed by atoms with Crippen molar-refractivity contribution in [3.05, 3.63) is 0 Å². The van der Waals surface area contributed by atoms with E-state index in [0.717, 1.165) is 0 Å². The lowest BCUT2D eigenvalue weighted by Gasteiger charge is -2.33. The van der Waals surface area contributed by atoms with E-state index in [4.69, 9.17) is 9.47 Å². The zero-order valence-corrected chi connectivity index (χ0v) is 9.23.